The third-order valence-electron chi connectivity index (χ3n) is 5.24. The van der Waals surface area contributed by atoms with E-state index in [0.29, 0.717) is 29.2 Å². The molecule has 1 aromatic heterocycles. The number of thiazole rings is 1. The third kappa shape index (κ3) is 4.40. The number of nitrogens with zero attached hydrogens (tertiary/aromatic N) is 3. The Morgan fingerprint density at radius 1 is 1.19 bits per heavy atom. The Morgan fingerprint density at radius 2 is 1.88 bits per heavy atom. The minimum absolute atomic E-state index is 0.0198. The molecule has 0 saturated carbocycles. The second-order valence-corrected chi connectivity index (χ2v) is 10.2. The summed E-state index contributed by atoms with van der Waals surface area (Å²) in [6.07, 6.45) is 1.02. The number of carbonyl (C=O) groups is 1. The average molecular weight is 473 g/mol. The van der Waals surface area contributed by atoms with Crippen LogP contribution in [0.15, 0.2) is 58.8 Å². The molecule has 32 heavy (non-hydrogen) atoms. The molecule has 0 spiro atoms. The summed E-state index contributed by atoms with van der Waals surface area (Å²) in [5.74, 6) is -0.428. The normalized spacial score (nSPS) is 16.7. The quantitative estimate of drug-likeness (QED) is 0.430. The molecule has 2 heterocycles. The summed E-state index contributed by atoms with van der Waals surface area (Å²) < 4.78 is 27.4. The molecular weight excluding hydrogens is 452 g/mol. The fraction of sp³-hybridized carbons (Fsp3) is 0.238. The second-order valence-electron chi connectivity index (χ2n) is 7.42. The summed E-state index contributed by atoms with van der Waals surface area (Å²) in [7, 11) is -3.79. The van der Waals surface area contributed by atoms with Gasteiger partial charge in [0.15, 0.2) is 5.13 Å². The summed E-state index contributed by atoms with van der Waals surface area (Å²) in [4.78, 5) is 27.8. The summed E-state index contributed by atoms with van der Waals surface area (Å²) in [5.41, 5.74) is 2.17. The first-order chi connectivity index (χ1) is 15.3. The van der Waals surface area contributed by atoms with Crippen LogP contribution in [0.3, 0.4) is 0 Å². The average Bonchev–Trinajstić information content (AvgIpc) is 3.44. The molecule has 1 aliphatic heterocycles. The molecule has 0 aliphatic carbocycles. The molecule has 166 valence electrons. The zero-order chi connectivity index (χ0) is 22.9. The van der Waals surface area contributed by atoms with Gasteiger partial charge < -0.3 is 5.32 Å². The van der Waals surface area contributed by atoms with Gasteiger partial charge in [-0.3, -0.25) is 14.9 Å². The van der Waals surface area contributed by atoms with Crippen LogP contribution in [0.1, 0.15) is 18.4 Å². The zero-order valence-electron chi connectivity index (χ0n) is 17.1. The lowest BCUT2D eigenvalue weighted by atomic mass is 10.1. The van der Waals surface area contributed by atoms with Gasteiger partial charge in [-0.2, -0.15) is 4.31 Å². The van der Waals surface area contributed by atoms with Gasteiger partial charge in [0, 0.05) is 29.6 Å². The minimum atomic E-state index is -3.79. The molecule has 1 aliphatic rings. The van der Waals surface area contributed by atoms with Gasteiger partial charge in [-0.05, 0) is 44.0 Å². The lowest BCUT2D eigenvalue weighted by Gasteiger charge is -2.23. The number of hydrogen-bond donors (Lipinski definition) is 1. The largest absolute Gasteiger partial charge is 0.301 e. The molecule has 2 aromatic carbocycles. The number of nitro benzene ring substituents is 1. The molecule has 0 radical (unpaired) electrons. The molecule has 1 fully saturated rings. The Labute approximate surface area is 188 Å². The van der Waals surface area contributed by atoms with Crippen LogP contribution < -0.4 is 5.32 Å². The van der Waals surface area contributed by atoms with Crippen LogP contribution in [0.4, 0.5) is 10.8 Å². The van der Waals surface area contributed by atoms with E-state index in [1.165, 1.54) is 27.8 Å². The highest BCUT2D eigenvalue weighted by atomic mass is 32.2. The van der Waals surface area contributed by atoms with Crippen LogP contribution in [0, 0.1) is 17.0 Å². The zero-order valence-corrected chi connectivity index (χ0v) is 18.7. The number of benzene rings is 2. The highest BCUT2D eigenvalue weighted by molar-refractivity contribution is 7.89. The third-order valence-corrected chi connectivity index (χ3v) is 7.92. The van der Waals surface area contributed by atoms with Crippen molar-refractivity contribution in [3.63, 3.8) is 0 Å². The van der Waals surface area contributed by atoms with E-state index >= 15 is 0 Å². The van der Waals surface area contributed by atoms with Crippen LogP contribution in [0.25, 0.3) is 11.3 Å². The summed E-state index contributed by atoms with van der Waals surface area (Å²) in [6.45, 7) is 2.15. The number of sulfonamides is 1. The molecule has 9 nitrogen and oxygen atoms in total. The predicted octanol–water partition coefficient (Wildman–Crippen LogP) is 3.82. The van der Waals surface area contributed by atoms with Crippen molar-refractivity contribution in [3.05, 3.63) is 69.6 Å². The summed E-state index contributed by atoms with van der Waals surface area (Å²) >= 11 is 1.20. The fourth-order valence-electron chi connectivity index (χ4n) is 3.54. The number of rotatable bonds is 6. The maximum atomic E-state index is 13.1. The fourth-order valence-corrected chi connectivity index (χ4v) is 5.92. The summed E-state index contributed by atoms with van der Waals surface area (Å²) in [6, 6.07) is 11.7. The number of nitrogens with one attached hydrogen (secondary N) is 1. The Morgan fingerprint density at radius 3 is 2.53 bits per heavy atom. The van der Waals surface area contributed by atoms with Gasteiger partial charge in [-0.25, -0.2) is 13.4 Å². The Balaban J connectivity index is 1.49. The number of anilines is 1. The van der Waals surface area contributed by atoms with Gasteiger partial charge in [0.1, 0.15) is 6.04 Å². The Kier molecular flexibility index (Phi) is 6.04. The maximum Gasteiger partial charge on any atom is 0.269 e. The molecule has 1 unspecified atom stereocenters. The van der Waals surface area contributed by atoms with Gasteiger partial charge in [-0.1, -0.05) is 17.7 Å². The van der Waals surface area contributed by atoms with E-state index in [2.05, 4.69) is 10.3 Å². The van der Waals surface area contributed by atoms with Crippen LogP contribution in [0.5, 0.6) is 0 Å². The number of amides is 1. The van der Waals surface area contributed by atoms with Gasteiger partial charge in [-0.15, -0.1) is 11.3 Å². The first-order valence-corrected chi connectivity index (χ1v) is 12.2. The van der Waals surface area contributed by atoms with E-state index in [1.807, 2.05) is 6.92 Å². The van der Waals surface area contributed by atoms with Gasteiger partial charge in [0.2, 0.25) is 15.9 Å². The number of aromatic nitrogens is 1. The van der Waals surface area contributed by atoms with Crippen molar-refractivity contribution in [2.45, 2.75) is 30.7 Å². The highest BCUT2D eigenvalue weighted by Gasteiger charge is 2.39. The lowest BCUT2D eigenvalue weighted by Crippen LogP contribution is -2.43. The van der Waals surface area contributed by atoms with Crippen LogP contribution in [0.2, 0.25) is 0 Å². The number of nitro groups is 1. The SMILES string of the molecule is Cc1ccc(S(=O)(=O)N2CCCC2C(=O)Nc2nc(-c3ccc([N+](=O)[O-])cc3)cs2)cc1. The topological polar surface area (TPSA) is 123 Å². The minimum Gasteiger partial charge on any atom is -0.301 e. The molecule has 1 amide bonds. The van der Waals surface area contributed by atoms with Crippen molar-refractivity contribution in [1.29, 1.82) is 0 Å². The van der Waals surface area contributed by atoms with Crippen LogP contribution in [-0.4, -0.2) is 41.1 Å². The second kappa shape index (κ2) is 8.77. The number of non-ortho nitro benzene ring substituents is 1. The van der Waals surface area contributed by atoms with E-state index < -0.39 is 26.9 Å². The van der Waals surface area contributed by atoms with Crippen molar-refractivity contribution < 1.29 is 18.1 Å². The molecule has 1 atom stereocenters. The van der Waals surface area contributed by atoms with E-state index in [9.17, 15) is 23.3 Å². The van der Waals surface area contributed by atoms with Gasteiger partial charge >= 0.3 is 0 Å². The molecule has 11 heteroatoms. The van der Waals surface area contributed by atoms with E-state index in [-0.39, 0.29) is 17.1 Å². The van der Waals surface area contributed by atoms with Crippen molar-refractivity contribution in [2.75, 3.05) is 11.9 Å². The molecule has 0 bridgehead atoms. The first-order valence-electron chi connectivity index (χ1n) is 9.85. The molecule has 3 aromatic rings. The van der Waals surface area contributed by atoms with E-state index in [4.69, 9.17) is 0 Å². The van der Waals surface area contributed by atoms with E-state index in [0.717, 1.165) is 5.56 Å². The van der Waals surface area contributed by atoms with Crippen LogP contribution in [-0.2, 0) is 14.8 Å². The van der Waals surface area contributed by atoms with Gasteiger partial charge in [0.05, 0.1) is 15.5 Å². The Hall–Kier alpha value is -3.15. The molecule has 1 N–H and O–H groups in total. The standard InChI is InChI=1S/C21H20N4O5S2/c1-14-4-10-17(11-5-14)32(29,30)24-12-2-3-19(24)20(26)23-21-22-18(13-31-21)15-6-8-16(9-7-15)25(27)28/h4-11,13,19H,2-3,12H2,1H3,(H,22,23,26). The monoisotopic (exact) mass is 472 g/mol. The lowest BCUT2D eigenvalue weighted by molar-refractivity contribution is -0.384. The van der Waals surface area contributed by atoms with E-state index in [1.54, 1.807) is 41.8 Å². The van der Waals surface area contributed by atoms with Crippen LogP contribution >= 0.6 is 11.3 Å². The van der Waals surface area contributed by atoms with Crippen molar-refractivity contribution in [1.82, 2.24) is 9.29 Å². The maximum absolute atomic E-state index is 13.1. The number of carbonyl (C=O) groups excluding carboxylic acids is 1. The van der Waals surface area contributed by atoms with Crippen molar-refractivity contribution >= 4 is 38.1 Å². The first kappa shape index (κ1) is 22.1. The van der Waals surface area contributed by atoms with Crippen molar-refractivity contribution in [3.8, 4) is 11.3 Å². The van der Waals surface area contributed by atoms with Crippen molar-refractivity contribution in [2.24, 2.45) is 0 Å². The Bertz CT molecular complexity index is 1250. The smallest absolute Gasteiger partial charge is 0.269 e. The molecule has 1 saturated heterocycles. The molecule has 4 rings (SSSR count). The molecular formula is C21H20N4O5S2. The number of aryl methyl sites for hydroxylation is 1. The van der Waals surface area contributed by atoms with Gasteiger partial charge in [0.25, 0.3) is 5.69 Å². The summed E-state index contributed by atoms with van der Waals surface area (Å²) in [5, 5.41) is 15.6. The predicted molar refractivity (Wildman–Crippen MR) is 121 cm³/mol. The number of hydrogen-bond acceptors (Lipinski definition) is 7. The highest BCUT2D eigenvalue weighted by Crippen LogP contribution is 2.29.